The van der Waals surface area contributed by atoms with E-state index in [9.17, 15) is 0 Å². The van der Waals surface area contributed by atoms with Crippen LogP contribution in [0.2, 0.25) is 0 Å². The zero-order valence-electron chi connectivity index (χ0n) is 12.2. The maximum atomic E-state index is 8.93. The Morgan fingerprint density at radius 3 is 1.14 bits per heavy atom. The fourth-order valence-electron chi connectivity index (χ4n) is 1.33. The first-order valence-electron chi connectivity index (χ1n) is 6.50. The second kappa shape index (κ2) is 9.66. The fourth-order valence-corrected chi connectivity index (χ4v) is 1.33. The van der Waals surface area contributed by atoms with Crippen molar-refractivity contribution in [1.29, 1.82) is 0 Å². The van der Waals surface area contributed by atoms with Gasteiger partial charge in [-0.05, 0) is 0 Å². The summed E-state index contributed by atoms with van der Waals surface area (Å²) in [7, 11) is 0. The summed E-state index contributed by atoms with van der Waals surface area (Å²) in [5.74, 6) is -4.37. The van der Waals surface area contributed by atoms with E-state index in [-0.39, 0.29) is 24.0 Å². The van der Waals surface area contributed by atoms with Crippen LogP contribution < -0.4 is 21.7 Å². The Bertz CT molecular complexity index is 294. The van der Waals surface area contributed by atoms with Crippen molar-refractivity contribution >= 4 is 11.9 Å². The largest absolute Gasteiger partial charge is 0.543 e. The summed E-state index contributed by atoms with van der Waals surface area (Å²) in [6.45, 7) is 3.88. The van der Waals surface area contributed by atoms with Gasteiger partial charge in [-0.1, -0.05) is 0 Å². The lowest BCUT2D eigenvalue weighted by molar-refractivity contribution is -0.345. The lowest BCUT2D eigenvalue weighted by atomic mass is 9.87. The number of ether oxygens (including phenoxy) is 2. The first-order chi connectivity index (χ1) is 10.3. The van der Waals surface area contributed by atoms with Crippen molar-refractivity contribution in [3.63, 3.8) is 0 Å². The van der Waals surface area contributed by atoms with E-state index in [1.165, 1.54) is 0 Å². The highest BCUT2D eigenvalue weighted by atomic mass is 16.5. The number of hydrogen-bond donors (Lipinski definition) is 4. The molecule has 10 nitrogen and oxygen atoms in total. The predicted octanol–water partition coefficient (Wildman–Crippen LogP) is -5.61. The molecule has 0 amide bonds. The Hall–Kier alpha value is -1.30. The number of aliphatic carboxylic acids is 2. The number of carbonyl (C=O) groups is 2. The molecule has 2 rings (SSSR count). The number of nitrogens with two attached hydrogens (primary N) is 2. The van der Waals surface area contributed by atoms with Gasteiger partial charge in [0.05, 0.1) is 62.4 Å². The number of carboxylic acids is 2. The van der Waals surface area contributed by atoms with Crippen molar-refractivity contribution in [2.24, 2.45) is 22.3 Å². The fraction of sp³-hybridized carbons (Fsp3) is 0.833. The first kappa shape index (κ1) is 20.7. The molecule has 0 bridgehead atoms. The molecule has 0 unspecified atom stereocenters. The van der Waals surface area contributed by atoms with Crippen molar-refractivity contribution in [2.45, 2.75) is 0 Å². The smallest absolute Gasteiger partial charge is 0.0870 e. The molecule has 10 heteroatoms. The number of carbonyl (C=O) groups excluding carboxylic acids is 2. The number of aliphatic hydroxyl groups excluding tert-OH is 2. The van der Waals surface area contributed by atoms with Crippen molar-refractivity contribution in [2.75, 3.05) is 52.7 Å². The summed E-state index contributed by atoms with van der Waals surface area (Å²) in [4.78, 5) is 17.9. The number of aliphatic hydroxyl groups is 2. The standard InChI is InChI=1S/2C5H11NO2.C2H2O4/c2*6-1-5(2-7)3-8-4-5;3-1(4)2(5)6/h2*7H,1-4,6H2;(H,3,4)(H,5,6)/p-2. The van der Waals surface area contributed by atoms with E-state index in [0.717, 1.165) is 0 Å². The van der Waals surface area contributed by atoms with E-state index < -0.39 is 11.9 Å². The number of hydrogen-bond acceptors (Lipinski definition) is 10. The van der Waals surface area contributed by atoms with Gasteiger partial charge in [0, 0.05) is 13.1 Å². The van der Waals surface area contributed by atoms with Crippen molar-refractivity contribution in [1.82, 2.24) is 0 Å². The van der Waals surface area contributed by atoms with Crippen LogP contribution in [0.3, 0.4) is 0 Å². The maximum absolute atomic E-state index is 8.93. The minimum atomic E-state index is -2.19. The normalized spacial score (nSPS) is 20.0. The summed E-state index contributed by atoms with van der Waals surface area (Å²) in [5, 5.41) is 35.2. The third kappa shape index (κ3) is 6.22. The molecule has 0 aliphatic carbocycles. The molecule has 2 saturated heterocycles. The van der Waals surface area contributed by atoms with Gasteiger partial charge >= 0.3 is 0 Å². The minimum absolute atomic E-state index is 0.0833. The molecule has 0 aromatic heterocycles. The van der Waals surface area contributed by atoms with Crippen LogP contribution in [0.5, 0.6) is 0 Å². The van der Waals surface area contributed by atoms with Crippen molar-refractivity contribution < 1.29 is 39.5 Å². The Labute approximate surface area is 127 Å². The van der Waals surface area contributed by atoms with Gasteiger partial charge in [0.1, 0.15) is 0 Å². The molecule has 0 aromatic carbocycles. The SMILES string of the molecule is NCC1(CO)COC1.NCC1(CO)COC1.O=C([O-])C(=O)[O-]. The third-order valence-electron chi connectivity index (χ3n) is 3.34. The summed E-state index contributed by atoms with van der Waals surface area (Å²) in [5.41, 5.74) is 10.5. The van der Waals surface area contributed by atoms with E-state index in [1.54, 1.807) is 0 Å². The molecule has 22 heavy (non-hydrogen) atoms. The predicted molar refractivity (Wildman–Crippen MR) is 68.8 cm³/mol. The monoisotopic (exact) mass is 322 g/mol. The van der Waals surface area contributed by atoms with E-state index in [1.807, 2.05) is 0 Å². The maximum Gasteiger partial charge on any atom is 0.0870 e. The zero-order valence-corrected chi connectivity index (χ0v) is 12.2. The van der Waals surface area contributed by atoms with Gasteiger partial charge in [0.15, 0.2) is 0 Å². The summed E-state index contributed by atoms with van der Waals surface area (Å²) >= 11 is 0. The summed E-state index contributed by atoms with van der Waals surface area (Å²) in [6, 6.07) is 0. The molecular weight excluding hydrogens is 300 g/mol. The molecule has 2 aliphatic heterocycles. The highest BCUT2D eigenvalue weighted by Gasteiger charge is 2.36. The Kier molecular flexibility index (Phi) is 9.09. The topological polar surface area (TPSA) is 191 Å². The van der Waals surface area contributed by atoms with Crippen LogP contribution in [0, 0.1) is 10.8 Å². The summed E-state index contributed by atoms with van der Waals surface area (Å²) < 4.78 is 9.76. The second-order valence-corrected chi connectivity index (χ2v) is 5.28. The van der Waals surface area contributed by atoms with Crippen LogP contribution >= 0.6 is 0 Å². The van der Waals surface area contributed by atoms with E-state index in [2.05, 4.69) is 0 Å². The van der Waals surface area contributed by atoms with Gasteiger partial charge in [-0.3, -0.25) is 0 Å². The molecule has 130 valence electrons. The molecule has 2 fully saturated rings. The molecule has 0 radical (unpaired) electrons. The molecule has 0 aromatic rings. The van der Waals surface area contributed by atoms with Crippen molar-refractivity contribution in [3.8, 4) is 0 Å². The van der Waals surface area contributed by atoms with E-state index in [0.29, 0.717) is 39.5 Å². The second-order valence-electron chi connectivity index (χ2n) is 5.28. The Morgan fingerprint density at radius 1 is 0.864 bits per heavy atom. The van der Waals surface area contributed by atoms with Gasteiger partial charge in [0.25, 0.3) is 0 Å². The average Bonchev–Trinajstić information content (AvgIpc) is 2.40. The van der Waals surface area contributed by atoms with Crippen molar-refractivity contribution in [3.05, 3.63) is 0 Å². The lowest BCUT2D eigenvalue weighted by Gasteiger charge is -2.38. The molecule has 0 spiro atoms. The Balaban J connectivity index is 0.000000306. The van der Waals surface area contributed by atoms with Crippen LogP contribution in [-0.2, 0) is 19.1 Å². The van der Waals surface area contributed by atoms with Crippen LogP contribution in [-0.4, -0.2) is 74.9 Å². The molecule has 2 aliphatic rings. The lowest BCUT2D eigenvalue weighted by Crippen LogP contribution is -2.50. The Morgan fingerprint density at radius 2 is 1.14 bits per heavy atom. The van der Waals surface area contributed by atoms with Crippen LogP contribution in [0.1, 0.15) is 0 Å². The zero-order chi connectivity index (χ0) is 17.2. The molecule has 0 saturated carbocycles. The summed E-state index contributed by atoms with van der Waals surface area (Å²) in [6.07, 6.45) is 0. The van der Waals surface area contributed by atoms with E-state index >= 15 is 0 Å². The van der Waals surface area contributed by atoms with Gasteiger partial charge in [0.2, 0.25) is 0 Å². The molecule has 0 atom stereocenters. The quantitative estimate of drug-likeness (QED) is 0.363. The van der Waals surface area contributed by atoms with Gasteiger partial charge in [-0.2, -0.15) is 0 Å². The van der Waals surface area contributed by atoms with Crippen LogP contribution in [0.15, 0.2) is 0 Å². The minimum Gasteiger partial charge on any atom is -0.543 e. The molecule has 6 N–H and O–H groups in total. The van der Waals surface area contributed by atoms with Crippen LogP contribution in [0.4, 0.5) is 0 Å². The van der Waals surface area contributed by atoms with Crippen LogP contribution in [0.25, 0.3) is 0 Å². The highest BCUT2D eigenvalue weighted by molar-refractivity contribution is 6.25. The number of carboxylic acid groups (broad SMARTS) is 2. The van der Waals surface area contributed by atoms with Gasteiger partial charge in [-0.25, -0.2) is 0 Å². The molecule has 2 heterocycles. The molecular formula is C12H22N2O8-2. The highest BCUT2D eigenvalue weighted by Crippen LogP contribution is 2.24. The third-order valence-corrected chi connectivity index (χ3v) is 3.34. The van der Waals surface area contributed by atoms with Gasteiger partial charge in [-0.15, -0.1) is 0 Å². The average molecular weight is 322 g/mol. The van der Waals surface area contributed by atoms with Gasteiger partial charge < -0.3 is 51.0 Å². The first-order valence-corrected chi connectivity index (χ1v) is 6.50. The van der Waals surface area contributed by atoms with E-state index in [4.69, 9.17) is 51.0 Å². The number of rotatable bonds is 4.